The van der Waals surface area contributed by atoms with Gasteiger partial charge in [0.2, 0.25) is 11.6 Å². The zero-order chi connectivity index (χ0) is 14.0. The highest BCUT2D eigenvalue weighted by Gasteiger charge is 2.23. The predicted octanol–water partition coefficient (Wildman–Crippen LogP) is 3.23. The quantitative estimate of drug-likeness (QED) is 0.933. The molecule has 1 heterocycles. The van der Waals surface area contributed by atoms with Gasteiger partial charge in [0, 0.05) is 5.02 Å². The van der Waals surface area contributed by atoms with Crippen LogP contribution < -0.4 is 4.74 Å². The molecule has 0 amide bonds. The molecule has 0 fully saturated rings. The molecule has 100 valence electrons. The molecule has 0 unspecified atom stereocenters. The fourth-order valence-electron chi connectivity index (χ4n) is 1.45. The van der Waals surface area contributed by atoms with Gasteiger partial charge in [0.1, 0.15) is 5.82 Å². The molecule has 5 nitrogen and oxygen atoms in total. The Hall–Kier alpha value is -2.08. The van der Waals surface area contributed by atoms with Crippen LogP contribution in [0.25, 0.3) is 11.5 Å². The van der Waals surface area contributed by atoms with Crippen molar-refractivity contribution in [3.63, 3.8) is 0 Å². The third kappa shape index (κ3) is 2.68. The maximum Gasteiger partial charge on any atom is 0.362 e. The fraction of sp³-hybridized carbons (Fsp3) is 0.167. The maximum atomic E-state index is 13.7. The summed E-state index contributed by atoms with van der Waals surface area (Å²) >= 11 is 5.63. The molecular formula is C12H9ClFNO4. The van der Waals surface area contributed by atoms with Crippen molar-refractivity contribution in [3.8, 4) is 17.4 Å². The Kier molecular flexibility index (Phi) is 3.71. The van der Waals surface area contributed by atoms with Crippen LogP contribution in [0.2, 0.25) is 5.02 Å². The molecule has 1 aromatic carbocycles. The number of ether oxygens (including phenoxy) is 1. The molecule has 1 N–H and O–H groups in total. The predicted molar refractivity (Wildman–Crippen MR) is 65.0 cm³/mol. The lowest BCUT2D eigenvalue weighted by Gasteiger charge is -1.99. The Bertz CT molecular complexity index is 626. The first kappa shape index (κ1) is 13.4. The second-order valence-electron chi connectivity index (χ2n) is 3.52. The lowest BCUT2D eigenvalue weighted by Crippen LogP contribution is -2.01. The summed E-state index contributed by atoms with van der Waals surface area (Å²) in [5.41, 5.74) is -0.385. The topological polar surface area (TPSA) is 72.6 Å². The number of carboxylic acids is 1. The third-order valence-electron chi connectivity index (χ3n) is 2.24. The molecule has 0 saturated heterocycles. The average molecular weight is 286 g/mol. The number of oxazole rings is 1. The average Bonchev–Trinajstić information content (AvgIpc) is 2.73. The number of hydrogen-bond donors (Lipinski definition) is 1. The van der Waals surface area contributed by atoms with E-state index in [4.69, 9.17) is 25.9 Å². The van der Waals surface area contributed by atoms with E-state index in [2.05, 4.69) is 4.98 Å². The Morgan fingerprint density at radius 1 is 1.58 bits per heavy atom. The van der Waals surface area contributed by atoms with Crippen LogP contribution in [0, 0.1) is 5.82 Å². The minimum Gasteiger partial charge on any atom is -0.476 e. The van der Waals surface area contributed by atoms with Crippen LogP contribution in [0.4, 0.5) is 4.39 Å². The number of hydrogen-bond acceptors (Lipinski definition) is 4. The largest absolute Gasteiger partial charge is 0.476 e. The number of carboxylic acid groups (broad SMARTS) is 1. The van der Waals surface area contributed by atoms with Crippen LogP contribution in [0.3, 0.4) is 0 Å². The standard InChI is InChI=1S/C12H9ClFNO4/c1-2-18-12-9(11(16)17)15-10(19-12)7-4-3-6(13)5-8(7)14/h3-5H,2H2,1H3,(H,16,17). The summed E-state index contributed by atoms with van der Waals surface area (Å²) in [4.78, 5) is 14.7. The molecule has 0 spiro atoms. The van der Waals surface area contributed by atoms with E-state index in [1.165, 1.54) is 12.1 Å². The van der Waals surface area contributed by atoms with Crippen LogP contribution >= 0.6 is 11.6 Å². The van der Waals surface area contributed by atoms with E-state index >= 15 is 0 Å². The second kappa shape index (κ2) is 5.27. The van der Waals surface area contributed by atoms with Gasteiger partial charge in [0.25, 0.3) is 0 Å². The maximum absolute atomic E-state index is 13.7. The number of aromatic carboxylic acids is 1. The van der Waals surface area contributed by atoms with Gasteiger partial charge in [-0.2, -0.15) is 4.98 Å². The number of aromatic nitrogens is 1. The molecule has 0 aliphatic carbocycles. The lowest BCUT2D eigenvalue weighted by molar-refractivity contribution is 0.0683. The van der Waals surface area contributed by atoms with Crippen molar-refractivity contribution in [2.45, 2.75) is 6.92 Å². The summed E-state index contributed by atoms with van der Waals surface area (Å²) < 4.78 is 23.8. The molecule has 2 aromatic rings. The van der Waals surface area contributed by atoms with E-state index in [0.29, 0.717) is 0 Å². The number of nitrogens with zero attached hydrogens (tertiary/aromatic N) is 1. The van der Waals surface area contributed by atoms with E-state index < -0.39 is 17.5 Å². The van der Waals surface area contributed by atoms with Gasteiger partial charge >= 0.3 is 11.9 Å². The highest BCUT2D eigenvalue weighted by atomic mass is 35.5. The minimum atomic E-state index is -1.31. The second-order valence-corrected chi connectivity index (χ2v) is 3.95. The van der Waals surface area contributed by atoms with Gasteiger partial charge in [-0.25, -0.2) is 9.18 Å². The molecule has 0 atom stereocenters. The zero-order valence-electron chi connectivity index (χ0n) is 9.81. The van der Waals surface area contributed by atoms with Gasteiger partial charge in [-0.15, -0.1) is 0 Å². The lowest BCUT2D eigenvalue weighted by atomic mass is 10.2. The van der Waals surface area contributed by atoms with Gasteiger partial charge in [-0.05, 0) is 25.1 Å². The minimum absolute atomic E-state index is 0.0119. The van der Waals surface area contributed by atoms with E-state index in [9.17, 15) is 9.18 Å². The van der Waals surface area contributed by atoms with Gasteiger partial charge in [-0.1, -0.05) is 11.6 Å². The number of carbonyl (C=O) groups is 1. The summed E-state index contributed by atoms with van der Waals surface area (Å²) in [6, 6.07) is 3.89. The first-order chi connectivity index (χ1) is 9.02. The van der Waals surface area contributed by atoms with Crippen LogP contribution in [-0.2, 0) is 0 Å². The molecule has 7 heteroatoms. The molecular weight excluding hydrogens is 277 g/mol. The van der Waals surface area contributed by atoms with Crippen molar-refractivity contribution < 1.29 is 23.4 Å². The van der Waals surface area contributed by atoms with Crippen molar-refractivity contribution in [3.05, 3.63) is 34.7 Å². The number of benzene rings is 1. The molecule has 1 aromatic heterocycles. The summed E-state index contributed by atoms with van der Waals surface area (Å²) in [5, 5.41) is 9.17. The van der Waals surface area contributed by atoms with Crippen molar-refractivity contribution in [1.82, 2.24) is 4.98 Å². The zero-order valence-corrected chi connectivity index (χ0v) is 10.6. The number of halogens is 2. The van der Waals surface area contributed by atoms with Crippen LogP contribution in [0.1, 0.15) is 17.4 Å². The fourth-order valence-corrected chi connectivity index (χ4v) is 1.61. The SMILES string of the molecule is CCOc1oc(-c2ccc(Cl)cc2F)nc1C(=O)O. The van der Waals surface area contributed by atoms with Crippen molar-refractivity contribution in [1.29, 1.82) is 0 Å². The molecule has 0 radical (unpaired) electrons. The van der Waals surface area contributed by atoms with Gasteiger partial charge in [0.15, 0.2) is 0 Å². The first-order valence-electron chi connectivity index (χ1n) is 5.35. The Morgan fingerprint density at radius 2 is 2.32 bits per heavy atom. The van der Waals surface area contributed by atoms with E-state index in [1.807, 2.05) is 0 Å². The van der Waals surface area contributed by atoms with Crippen molar-refractivity contribution in [2.24, 2.45) is 0 Å². The molecule has 0 saturated carbocycles. The molecule has 2 rings (SSSR count). The van der Waals surface area contributed by atoms with E-state index in [1.54, 1.807) is 6.92 Å². The van der Waals surface area contributed by atoms with Crippen LogP contribution in [-0.4, -0.2) is 22.7 Å². The van der Waals surface area contributed by atoms with Gasteiger partial charge in [-0.3, -0.25) is 0 Å². The molecule has 0 bridgehead atoms. The van der Waals surface area contributed by atoms with Crippen LogP contribution in [0.15, 0.2) is 22.6 Å². The van der Waals surface area contributed by atoms with Crippen molar-refractivity contribution >= 4 is 17.6 Å². The molecule has 0 aliphatic heterocycles. The van der Waals surface area contributed by atoms with Crippen LogP contribution in [0.5, 0.6) is 5.95 Å². The summed E-state index contributed by atoms with van der Waals surface area (Å²) in [5.74, 6) is -2.39. The molecule has 19 heavy (non-hydrogen) atoms. The Labute approximate surface area is 112 Å². The summed E-state index contributed by atoms with van der Waals surface area (Å²) in [7, 11) is 0. The monoisotopic (exact) mass is 285 g/mol. The van der Waals surface area contributed by atoms with Gasteiger partial charge < -0.3 is 14.3 Å². The molecule has 0 aliphatic rings. The van der Waals surface area contributed by atoms with Crippen molar-refractivity contribution in [2.75, 3.05) is 6.61 Å². The highest BCUT2D eigenvalue weighted by Crippen LogP contribution is 2.30. The Morgan fingerprint density at radius 3 is 2.89 bits per heavy atom. The Balaban J connectivity index is 2.50. The summed E-state index contributed by atoms with van der Waals surface area (Å²) in [6.07, 6.45) is 0. The third-order valence-corrected chi connectivity index (χ3v) is 2.47. The normalized spacial score (nSPS) is 10.5. The van der Waals surface area contributed by atoms with E-state index in [0.717, 1.165) is 6.07 Å². The first-order valence-corrected chi connectivity index (χ1v) is 5.73. The van der Waals surface area contributed by atoms with E-state index in [-0.39, 0.29) is 29.0 Å². The number of rotatable bonds is 4. The smallest absolute Gasteiger partial charge is 0.362 e. The van der Waals surface area contributed by atoms with Gasteiger partial charge in [0.05, 0.1) is 12.2 Å². The highest BCUT2D eigenvalue weighted by molar-refractivity contribution is 6.30. The summed E-state index contributed by atoms with van der Waals surface area (Å²) in [6.45, 7) is 1.87.